The predicted octanol–water partition coefficient (Wildman–Crippen LogP) is 6.12. The van der Waals surface area contributed by atoms with Gasteiger partial charge in [0.25, 0.3) is 0 Å². The zero-order valence-corrected chi connectivity index (χ0v) is 14.6. The molecule has 1 nitrogen and oxygen atoms in total. The Bertz CT molecular complexity index is 599. The Kier molecular flexibility index (Phi) is 5.47. The fourth-order valence-corrected chi connectivity index (χ4v) is 3.52. The van der Waals surface area contributed by atoms with Crippen molar-refractivity contribution < 1.29 is 9.13 Å². The second-order valence-electron chi connectivity index (χ2n) is 4.11. The van der Waals surface area contributed by atoms with Gasteiger partial charge in [-0.15, -0.1) is 0 Å². The van der Waals surface area contributed by atoms with Crippen LogP contribution in [-0.4, -0.2) is 6.61 Å². The van der Waals surface area contributed by atoms with Crippen LogP contribution >= 0.6 is 43.5 Å². The lowest BCUT2D eigenvalue weighted by atomic mass is 10.0. The second-order valence-corrected chi connectivity index (χ2v) is 6.35. The van der Waals surface area contributed by atoms with E-state index in [0.717, 1.165) is 10.0 Å². The van der Waals surface area contributed by atoms with Gasteiger partial charge >= 0.3 is 0 Å². The largest absolute Gasteiger partial charge is 0.494 e. The van der Waals surface area contributed by atoms with Gasteiger partial charge in [0.1, 0.15) is 11.6 Å². The molecule has 2 aromatic carbocycles. The van der Waals surface area contributed by atoms with Crippen LogP contribution in [0, 0.1) is 5.82 Å². The molecule has 0 radical (unpaired) electrons. The maximum atomic E-state index is 14.0. The summed E-state index contributed by atoms with van der Waals surface area (Å²) in [6.07, 6.45) is 0. The summed E-state index contributed by atoms with van der Waals surface area (Å²) in [6, 6.07) is 10.3. The molecular weight excluding hydrogens is 410 g/mol. The summed E-state index contributed by atoms with van der Waals surface area (Å²) in [6.45, 7) is 2.45. The van der Waals surface area contributed by atoms with E-state index in [1.165, 1.54) is 6.07 Å². The standard InChI is InChI=1S/C15H12Br2ClFO/c1-2-20-13-7-6-9(16)8-10(13)15(17)14-11(18)4-3-5-12(14)19/h3-8,15H,2H2,1H3. The lowest BCUT2D eigenvalue weighted by molar-refractivity contribution is 0.337. The highest BCUT2D eigenvalue weighted by Gasteiger charge is 2.21. The summed E-state index contributed by atoms with van der Waals surface area (Å²) in [5, 5.41) is 0.384. The number of benzene rings is 2. The molecule has 0 aliphatic rings. The number of rotatable bonds is 4. The fraction of sp³-hybridized carbons (Fsp3) is 0.200. The number of hydrogen-bond acceptors (Lipinski definition) is 1. The maximum absolute atomic E-state index is 14.0. The molecule has 106 valence electrons. The molecule has 0 aliphatic carbocycles. The minimum Gasteiger partial charge on any atom is -0.494 e. The minimum atomic E-state index is -0.379. The van der Waals surface area contributed by atoms with Gasteiger partial charge in [-0.1, -0.05) is 49.5 Å². The van der Waals surface area contributed by atoms with Crippen molar-refractivity contribution in [2.45, 2.75) is 11.8 Å². The first-order valence-corrected chi connectivity index (χ1v) is 8.13. The third-order valence-corrected chi connectivity index (χ3v) is 4.57. The Morgan fingerprint density at radius 3 is 2.70 bits per heavy atom. The van der Waals surface area contributed by atoms with Crippen molar-refractivity contribution in [3.05, 3.63) is 62.8 Å². The van der Waals surface area contributed by atoms with Crippen molar-refractivity contribution in [3.63, 3.8) is 0 Å². The second kappa shape index (κ2) is 6.92. The molecule has 0 amide bonds. The Labute approximate surface area is 139 Å². The van der Waals surface area contributed by atoms with Gasteiger partial charge in [0.15, 0.2) is 0 Å². The van der Waals surface area contributed by atoms with Gasteiger partial charge in [-0.25, -0.2) is 4.39 Å². The molecule has 0 aliphatic heterocycles. The predicted molar refractivity (Wildman–Crippen MR) is 87.5 cm³/mol. The monoisotopic (exact) mass is 420 g/mol. The Morgan fingerprint density at radius 1 is 1.30 bits per heavy atom. The smallest absolute Gasteiger partial charge is 0.129 e. The molecule has 2 aromatic rings. The van der Waals surface area contributed by atoms with E-state index in [-0.39, 0.29) is 10.6 Å². The molecule has 0 fully saturated rings. The lowest BCUT2D eigenvalue weighted by Crippen LogP contribution is -2.02. The molecule has 20 heavy (non-hydrogen) atoms. The topological polar surface area (TPSA) is 9.23 Å². The van der Waals surface area contributed by atoms with E-state index in [2.05, 4.69) is 31.9 Å². The number of hydrogen-bond donors (Lipinski definition) is 0. The van der Waals surface area contributed by atoms with Crippen LogP contribution in [0.2, 0.25) is 5.02 Å². The minimum absolute atomic E-state index is 0.346. The molecule has 0 N–H and O–H groups in total. The maximum Gasteiger partial charge on any atom is 0.129 e. The van der Waals surface area contributed by atoms with Crippen molar-refractivity contribution in [1.29, 1.82) is 0 Å². The first-order chi connectivity index (χ1) is 9.54. The number of alkyl halides is 1. The fourth-order valence-electron chi connectivity index (χ4n) is 1.91. The van der Waals surface area contributed by atoms with Crippen molar-refractivity contribution in [1.82, 2.24) is 0 Å². The van der Waals surface area contributed by atoms with Gasteiger partial charge < -0.3 is 4.74 Å². The van der Waals surface area contributed by atoms with Gasteiger partial charge in [0.2, 0.25) is 0 Å². The van der Waals surface area contributed by atoms with E-state index in [4.69, 9.17) is 16.3 Å². The van der Waals surface area contributed by atoms with Gasteiger partial charge in [0, 0.05) is 20.6 Å². The average molecular weight is 423 g/mol. The van der Waals surface area contributed by atoms with E-state index >= 15 is 0 Å². The van der Waals surface area contributed by atoms with Crippen molar-refractivity contribution >= 4 is 43.5 Å². The van der Waals surface area contributed by atoms with E-state index in [9.17, 15) is 4.39 Å². The molecule has 0 heterocycles. The molecule has 0 saturated carbocycles. The Balaban J connectivity index is 2.52. The zero-order chi connectivity index (χ0) is 14.7. The zero-order valence-electron chi connectivity index (χ0n) is 10.7. The summed E-state index contributed by atoms with van der Waals surface area (Å²) in [7, 11) is 0. The number of halogens is 4. The van der Waals surface area contributed by atoms with Gasteiger partial charge in [-0.3, -0.25) is 0 Å². The van der Waals surface area contributed by atoms with Crippen LogP contribution in [-0.2, 0) is 0 Å². The Hall–Kier alpha value is -0.580. The molecule has 2 rings (SSSR count). The van der Waals surface area contributed by atoms with Crippen LogP contribution in [0.5, 0.6) is 5.75 Å². The summed E-state index contributed by atoms with van der Waals surface area (Å²) in [5.41, 5.74) is 1.24. The van der Waals surface area contributed by atoms with E-state index in [1.807, 2.05) is 25.1 Å². The van der Waals surface area contributed by atoms with Crippen LogP contribution in [0.4, 0.5) is 4.39 Å². The molecule has 0 bridgehead atoms. The molecule has 5 heteroatoms. The van der Waals surface area contributed by atoms with Gasteiger partial charge in [-0.05, 0) is 37.3 Å². The lowest BCUT2D eigenvalue weighted by Gasteiger charge is -2.17. The summed E-state index contributed by atoms with van der Waals surface area (Å²) < 4.78 is 20.5. The first kappa shape index (κ1) is 15.8. The van der Waals surface area contributed by atoms with Gasteiger partial charge in [0.05, 0.1) is 11.4 Å². The molecule has 0 spiro atoms. The molecule has 0 aromatic heterocycles. The quantitative estimate of drug-likeness (QED) is 0.539. The normalized spacial score (nSPS) is 12.2. The van der Waals surface area contributed by atoms with E-state index < -0.39 is 0 Å². The summed E-state index contributed by atoms with van der Waals surface area (Å²) in [4.78, 5) is -0.379. The average Bonchev–Trinajstić information content (AvgIpc) is 2.40. The third kappa shape index (κ3) is 3.35. The Morgan fingerprint density at radius 2 is 2.05 bits per heavy atom. The van der Waals surface area contributed by atoms with Crippen LogP contribution < -0.4 is 4.74 Å². The van der Waals surface area contributed by atoms with Crippen LogP contribution in [0.3, 0.4) is 0 Å². The third-order valence-electron chi connectivity index (χ3n) is 2.80. The highest BCUT2D eigenvalue weighted by atomic mass is 79.9. The highest BCUT2D eigenvalue weighted by Crippen LogP contribution is 2.41. The first-order valence-electron chi connectivity index (χ1n) is 6.04. The molecule has 1 unspecified atom stereocenters. The van der Waals surface area contributed by atoms with Crippen molar-refractivity contribution in [2.75, 3.05) is 6.61 Å². The van der Waals surface area contributed by atoms with Crippen LogP contribution in [0.25, 0.3) is 0 Å². The SMILES string of the molecule is CCOc1ccc(Br)cc1C(Br)c1c(F)cccc1Cl. The molecule has 0 saturated heterocycles. The van der Waals surface area contributed by atoms with Crippen LogP contribution in [0.1, 0.15) is 22.9 Å². The molecular formula is C15H12Br2ClFO. The molecule has 1 atom stereocenters. The summed E-state index contributed by atoms with van der Waals surface area (Å²) >= 11 is 13.1. The summed E-state index contributed by atoms with van der Waals surface area (Å²) in [5.74, 6) is 0.360. The van der Waals surface area contributed by atoms with Crippen molar-refractivity contribution in [3.8, 4) is 5.75 Å². The van der Waals surface area contributed by atoms with Crippen LogP contribution in [0.15, 0.2) is 40.9 Å². The van der Waals surface area contributed by atoms with E-state index in [1.54, 1.807) is 12.1 Å². The van der Waals surface area contributed by atoms with Crippen molar-refractivity contribution in [2.24, 2.45) is 0 Å². The highest BCUT2D eigenvalue weighted by molar-refractivity contribution is 9.10. The van der Waals surface area contributed by atoms with Gasteiger partial charge in [-0.2, -0.15) is 0 Å². The number of ether oxygens (including phenoxy) is 1. The van der Waals surface area contributed by atoms with E-state index in [0.29, 0.717) is 22.9 Å².